The van der Waals surface area contributed by atoms with E-state index >= 15 is 0 Å². The normalized spacial score (nSPS) is 13.6. The monoisotopic (exact) mass is 205 g/mol. The zero-order valence-corrected chi connectivity index (χ0v) is 10.1. The van der Waals surface area contributed by atoms with Gasteiger partial charge in [-0.2, -0.15) is 0 Å². The molecule has 0 aromatic carbocycles. The molecule has 0 saturated heterocycles. The molecule has 0 bridgehead atoms. The van der Waals surface area contributed by atoms with Gasteiger partial charge in [0, 0.05) is 19.0 Å². The Balaban J connectivity index is 3.56. The lowest BCUT2D eigenvalue weighted by Crippen LogP contribution is -2.27. The van der Waals surface area contributed by atoms with Crippen LogP contribution < -0.4 is 0 Å². The first-order valence-electron chi connectivity index (χ1n) is 5.49. The number of alkyl halides is 1. The molecule has 2 heteroatoms. The summed E-state index contributed by atoms with van der Waals surface area (Å²) in [6.45, 7) is 6.78. The van der Waals surface area contributed by atoms with E-state index in [0.29, 0.717) is 0 Å². The van der Waals surface area contributed by atoms with E-state index in [1.54, 1.807) is 0 Å². The second kappa shape index (κ2) is 8.83. The summed E-state index contributed by atoms with van der Waals surface area (Å²) in [6, 6.07) is 0. The first kappa shape index (κ1) is 13.2. The maximum absolute atomic E-state index is 5.69. The minimum atomic E-state index is 0.751. The molecule has 13 heavy (non-hydrogen) atoms. The van der Waals surface area contributed by atoms with Crippen LogP contribution in [0.4, 0.5) is 0 Å². The second-order valence-electron chi connectivity index (χ2n) is 3.87. The number of halogens is 1. The highest BCUT2D eigenvalue weighted by molar-refractivity contribution is 6.18. The third-order valence-corrected chi connectivity index (χ3v) is 2.75. The Hall–Kier alpha value is 0.250. The summed E-state index contributed by atoms with van der Waals surface area (Å²) in [5, 5.41) is 0. The summed E-state index contributed by atoms with van der Waals surface area (Å²) in [6.07, 6.45) is 5.36. The quantitative estimate of drug-likeness (QED) is 0.550. The first-order chi connectivity index (χ1) is 6.24. The van der Waals surface area contributed by atoms with Crippen LogP contribution in [0.25, 0.3) is 0 Å². The average molecular weight is 206 g/mol. The van der Waals surface area contributed by atoms with Crippen molar-refractivity contribution in [3.05, 3.63) is 0 Å². The van der Waals surface area contributed by atoms with Gasteiger partial charge in [-0.05, 0) is 19.4 Å². The molecule has 0 N–H and O–H groups in total. The van der Waals surface area contributed by atoms with Gasteiger partial charge < -0.3 is 4.90 Å². The summed E-state index contributed by atoms with van der Waals surface area (Å²) in [4.78, 5) is 2.34. The fraction of sp³-hybridized carbons (Fsp3) is 1.00. The smallest absolute Gasteiger partial charge is 0.0351 e. The lowest BCUT2D eigenvalue weighted by Gasteiger charge is -2.22. The summed E-state index contributed by atoms with van der Waals surface area (Å²) in [7, 11) is 2.16. The fourth-order valence-electron chi connectivity index (χ4n) is 1.59. The lowest BCUT2D eigenvalue weighted by molar-refractivity contribution is 0.271. The molecule has 0 aromatic heterocycles. The van der Waals surface area contributed by atoms with Crippen molar-refractivity contribution < 1.29 is 0 Å². The van der Waals surface area contributed by atoms with Crippen LogP contribution in [0.15, 0.2) is 0 Å². The summed E-state index contributed by atoms with van der Waals surface area (Å²) < 4.78 is 0. The van der Waals surface area contributed by atoms with E-state index in [9.17, 15) is 0 Å². The van der Waals surface area contributed by atoms with Crippen molar-refractivity contribution in [1.29, 1.82) is 0 Å². The van der Waals surface area contributed by atoms with Crippen molar-refractivity contribution >= 4 is 11.6 Å². The van der Waals surface area contributed by atoms with E-state index < -0.39 is 0 Å². The molecule has 1 atom stereocenters. The predicted molar refractivity (Wildman–Crippen MR) is 61.5 cm³/mol. The van der Waals surface area contributed by atoms with E-state index in [2.05, 4.69) is 25.8 Å². The van der Waals surface area contributed by atoms with E-state index in [-0.39, 0.29) is 0 Å². The Labute approximate surface area is 88.5 Å². The average Bonchev–Trinajstić information content (AvgIpc) is 2.12. The van der Waals surface area contributed by atoms with E-state index in [4.69, 9.17) is 11.6 Å². The SMILES string of the molecule is CCCCC(CC)CN(C)CCCl. The van der Waals surface area contributed by atoms with Crippen molar-refractivity contribution in [2.24, 2.45) is 5.92 Å². The first-order valence-corrected chi connectivity index (χ1v) is 6.02. The number of rotatable bonds is 8. The molecule has 0 aliphatic heterocycles. The van der Waals surface area contributed by atoms with Gasteiger partial charge in [0.1, 0.15) is 0 Å². The molecular weight excluding hydrogens is 182 g/mol. The Morgan fingerprint density at radius 1 is 1.31 bits per heavy atom. The topological polar surface area (TPSA) is 3.24 Å². The standard InChI is InChI=1S/C11H24ClN/c1-4-6-7-11(5-2)10-13(3)9-8-12/h11H,4-10H2,1-3H3. The van der Waals surface area contributed by atoms with Crippen LogP contribution >= 0.6 is 11.6 Å². The van der Waals surface area contributed by atoms with Gasteiger partial charge in [-0.3, -0.25) is 0 Å². The number of nitrogens with zero attached hydrogens (tertiary/aromatic N) is 1. The van der Waals surface area contributed by atoms with Crippen LogP contribution in [0.5, 0.6) is 0 Å². The maximum Gasteiger partial charge on any atom is 0.0351 e. The van der Waals surface area contributed by atoms with Gasteiger partial charge in [0.05, 0.1) is 0 Å². The van der Waals surface area contributed by atoms with Crippen molar-refractivity contribution in [3.63, 3.8) is 0 Å². The molecule has 0 rings (SSSR count). The van der Waals surface area contributed by atoms with Crippen LogP contribution in [0.3, 0.4) is 0 Å². The molecule has 0 spiro atoms. The Morgan fingerprint density at radius 3 is 2.46 bits per heavy atom. The zero-order valence-electron chi connectivity index (χ0n) is 9.35. The van der Waals surface area contributed by atoms with Gasteiger partial charge in [-0.25, -0.2) is 0 Å². The fourth-order valence-corrected chi connectivity index (χ4v) is 1.88. The molecular formula is C11H24ClN. The van der Waals surface area contributed by atoms with Crippen molar-refractivity contribution in [3.8, 4) is 0 Å². The molecule has 1 unspecified atom stereocenters. The highest BCUT2D eigenvalue weighted by Crippen LogP contribution is 2.13. The van der Waals surface area contributed by atoms with Crippen molar-refractivity contribution in [2.75, 3.05) is 26.0 Å². The Morgan fingerprint density at radius 2 is 2.00 bits per heavy atom. The number of hydrogen-bond acceptors (Lipinski definition) is 1. The molecule has 80 valence electrons. The van der Waals surface area contributed by atoms with Gasteiger partial charge >= 0.3 is 0 Å². The molecule has 0 amide bonds. The third-order valence-electron chi connectivity index (χ3n) is 2.58. The minimum absolute atomic E-state index is 0.751. The van der Waals surface area contributed by atoms with Gasteiger partial charge in [0.25, 0.3) is 0 Å². The lowest BCUT2D eigenvalue weighted by atomic mass is 9.99. The number of unbranched alkanes of at least 4 members (excludes halogenated alkanes) is 1. The zero-order chi connectivity index (χ0) is 10.1. The molecule has 0 saturated carbocycles. The molecule has 1 nitrogen and oxygen atoms in total. The van der Waals surface area contributed by atoms with Gasteiger partial charge in [0.2, 0.25) is 0 Å². The number of hydrogen-bond donors (Lipinski definition) is 0. The molecule has 0 aromatic rings. The van der Waals surface area contributed by atoms with Crippen molar-refractivity contribution in [1.82, 2.24) is 4.90 Å². The summed E-state index contributed by atoms with van der Waals surface area (Å²) >= 11 is 5.69. The minimum Gasteiger partial charge on any atom is -0.305 e. The summed E-state index contributed by atoms with van der Waals surface area (Å²) in [5.74, 6) is 1.62. The third kappa shape index (κ3) is 7.33. The van der Waals surface area contributed by atoms with E-state index in [1.165, 1.54) is 32.2 Å². The maximum atomic E-state index is 5.69. The molecule has 0 aliphatic carbocycles. The Bertz CT molecular complexity index is 106. The largest absolute Gasteiger partial charge is 0.305 e. The van der Waals surface area contributed by atoms with Crippen molar-refractivity contribution in [2.45, 2.75) is 39.5 Å². The highest BCUT2D eigenvalue weighted by Gasteiger charge is 2.08. The molecule has 0 aliphatic rings. The highest BCUT2D eigenvalue weighted by atomic mass is 35.5. The van der Waals surface area contributed by atoms with Crippen LogP contribution in [-0.2, 0) is 0 Å². The molecule has 0 heterocycles. The van der Waals surface area contributed by atoms with Crippen LogP contribution in [0, 0.1) is 5.92 Å². The van der Waals surface area contributed by atoms with E-state index in [0.717, 1.165) is 18.3 Å². The Kier molecular flexibility index (Phi) is 9.00. The summed E-state index contributed by atoms with van der Waals surface area (Å²) in [5.41, 5.74) is 0. The van der Waals surface area contributed by atoms with Crippen LogP contribution in [0.2, 0.25) is 0 Å². The second-order valence-corrected chi connectivity index (χ2v) is 4.25. The molecule has 0 radical (unpaired) electrons. The molecule has 0 fully saturated rings. The van der Waals surface area contributed by atoms with Crippen LogP contribution in [-0.4, -0.2) is 30.9 Å². The van der Waals surface area contributed by atoms with Gasteiger partial charge in [0.15, 0.2) is 0 Å². The van der Waals surface area contributed by atoms with Crippen LogP contribution in [0.1, 0.15) is 39.5 Å². The van der Waals surface area contributed by atoms with E-state index in [1.807, 2.05) is 0 Å². The van der Waals surface area contributed by atoms with Gasteiger partial charge in [-0.15, -0.1) is 11.6 Å². The van der Waals surface area contributed by atoms with Gasteiger partial charge in [-0.1, -0.05) is 33.1 Å². The predicted octanol–water partition coefficient (Wildman–Crippen LogP) is 3.37.